The Morgan fingerprint density at radius 1 is 0.912 bits per heavy atom. The van der Waals surface area contributed by atoms with Crippen LogP contribution in [0.1, 0.15) is 15.9 Å². The molecule has 7 heteroatoms. The lowest BCUT2D eigenvalue weighted by Crippen LogP contribution is -2.11. The fraction of sp³-hybridized carbons (Fsp3) is 0.0741. The van der Waals surface area contributed by atoms with Gasteiger partial charge in [-0.25, -0.2) is 0 Å². The molecule has 170 valence electrons. The summed E-state index contributed by atoms with van der Waals surface area (Å²) in [5.74, 6) is 0.144. The number of ether oxygens (including phenoxy) is 1. The van der Waals surface area contributed by atoms with Crippen LogP contribution in [-0.4, -0.2) is 17.6 Å². The molecule has 1 heterocycles. The molecule has 2 N–H and O–H groups in total. The molecule has 0 unspecified atom stereocenters. The van der Waals surface area contributed by atoms with Gasteiger partial charge in [0.15, 0.2) is 0 Å². The molecule has 0 radical (unpaired) electrons. The number of methoxy groups -OCH3 is 1. The lowest BCUT2D eigenvalue weighted by molar-refractivity contribution is 0.100. The van der Waals surface area contributed by atoms with E-state index in [1.807, 2.05) is 54.6 Å². The van der Waals surface area contributed by atoms with E-state index in [1.54, 1.807) is 19.2 Å². The average Bonchev–Trinajstić information content (AvgIpc) is 3.12. The molecule has 4 nitrogen and oxygen atoms in total. The van der Waals surface area contributed by atoms with Crippen LogP contribution in [-0.2, 0) is 6.54 Å². The van der Waals surface area contributed by atoms with Crippen LogP contribution in [0.15, 0.2) is 72.8 Å². The Morgan fingerprint density at radius 2 is 1.74 bits per heavy atom. The Kier molecular flexibility index (Phi) is 5.90. The number of amides is 1. The molecule has 0 aliphatic carbocycles. The first-order chi connectivity index (χ1) is 16.4. The highest BCUT2D eigenvalue weighted by atomic mass is 35.5. The second-order valence-corrected chi connectivity index (χ2v) is 9.23. The maximum atomic E-state index is 12.3. The van der Waals surface area contributed by atoms with Gasteiger partial charge in [-0.2, -0.15) is 0 Å². The minimum Gasteiger partial charge on any atom is -0.495 e. The van der Waals surface area contributed by atoms with Gasteiger partial charge in [0.05, 0.1) is 23.2 Å². The van der Waals surface area contributed by atoms with E-state index in [-0.39, 0.29) is 0 Å². The van der Waals surface area contributed by atoms with Crippen LogP contribution in [0.3, 0.4) is 0 Å². The Morgan fingerprint density at radius 3 is 2.44 bits per heavy atom. The second kappa shape index (κ2) is 8.88. The van der Waals surface area contributed by atoms with Crippen LogP contribution in [0.25, 0.3) is 32.9 Å². The Hall–Kier alpha value is -3.18. The maximum absolute atomic E-state index is 12.3. The third-order valence-corrected chi connectivity index (χ3v) is 6.80. The molecule has 34 heavy (non-hydrogen) atoms. The molecule has 0 fully saturated rings. The van der Waals surface area contributed by atoms with Gasteiger partial charge in [0, 0.05) is 38.5 Å². The van der Waals surface area contributed by atoms with E-state index in [0.717, 1.165) is 38.5 Å². The maximum Gasteiger partial charge on any atom is 0.249 e. The van der Waals surface area contributed by atoms with E-state index in [1.165, 1.54) is 0 Å². The number of benzene rings is 4. The van der Waals surface area contributed by atoms with E-state index in [4.69, 9.17) is 45.3 Å². The monoisotopic (exact) mass is 508 g/mol. The predicted molar refractivity (Wildman–Crippen MR) is 141 cm³/mol. The zero-order chi connectivity index (χ0) is 24.0. The molecule has 0 saturated heterocycles. The first kappa shape index (κ1) is 22.6. The number of nitrogens with zero attached hydrogens (tertiary/aromatic N) is 1. The molecule has 4 aromatic carbocycles. The van der Waals surface area contributed by atoms with E-state index >= 15 is 0 Å². The number of primary amides is 1. The van der Waals surface area contributed by atoms with Crippen molar-refractivity contribution in [2.75, 3.05) is 7.11 Å². The topological polar surface area (TPSA) is 57.2 Å². The minimum atomic E-state index is -0.470. The van der Waals surface area contributed by atoms with Crippen LogP contribution in [0.5, 0.6) is 5.75 Å². The highest BCUT2D eigenvalue weighted by Gasteiger charge is 2.18. The van der Waals surface area contributed by atoms with Crippen LogP contribution in [0, 0.1) is 0 Å². The molecule has 0 bridgehead atoms. The lowest BCUT2D eigenvalue weighted by Gasteiger charge is -2.11. The van der Waals surface area contributed by atoms with Crippen molar-refractivity contribution >= 4 is 62.5 Å². The number of halogens is 3. The summed E-state index contributed by atoms with van der Waals surface area (Å²) in [7, 11) is 1.59. The quantitative estimate of drug-likeness (QED) is 0.265. The third-order valence-electron chi connectivity index (χ3n) is 5.96. The fourth-order valence-corrected chi connectivity index (χ4v) is 5.20. The smallest absolute Gasteiger partial charge is 0.249 e. The summed E-state index contributed by atoms with van der Waals surface area (Å²) < 4.78 is 7.45. The molecule has 0 spiro atoms. The number of carbonyl (C=O) groups excluding carboxylic acids is 1. The Labute approximate surface area is 211 Å². The number of hydrogen-bond donors (Lipinski definition) is 1. The first-order valence-electron chi connectivity index (χ1n) is 10.5. The van der Waals surface area contributed by atoms with E-state index in [2.05, 4.69) is 10.6 Å². The molecule has 1 aromatic heterocycles. The summed E-state index contributed by atoms with van der Waals surface area (Å²) in [6.07, 6.45) is 0. The number of fused-ring (bicyclic) bond motifs is 3. The summed E-state index contributed by atoms with van der Waals surface area (Å²) in [5.41, 5.74) is 10.8. The predicted octanol–water partition coefficient (Wildman–Crippen LogP) is 7.58. The van der Waals surface area contributed by atoms with Crippen molar-refractivity contribution in [1.29, 1.82) is 0 Å². The van der Waals surface area contributed by atoms with Crippen molar-refractivity contribution in [2.45, 2.75) is 6.54 Å². The molecule has 1 amide bonds. The number of aromatic nitrogens is 1. The molecule has 0 saturated carbocycles. The zero-order valence-electron chi connectivity index (χ0n) is 18.1. The summed E-state index contributed by atoms with van der Waals surface area (Å²) in [5, 5.41) is 3.42. The van der Waals surface area contributed by atoms with E-state index < -0.39 is 5.91 Å². The number of carbonyl (C=O) groups is 1. The van der Waals surface area contributed by atoms with Crippen molar-refractivity contribution in [3.8, 4) is 16.9 Å². The SMILES string of the molecule is COc1ccc(Cn2c3cc(-c4ccc(Cl)cc4Cl)ccc3c3c(C(N)=O)cccc32)cc1Cl. The van der Waals surface area contributed by atoms with Gasteiger partial charge in [0.1, 0.15) is 5.75 Å². The summed E-state index contributed by atoms with van der Waals surface area (Å²) in [6.45, 7) is 0.531. The minimum absolute atomic E-state index is 0.470. The van der Waals surface area contributed by atoms with Crippen molar-refractivity contribution in [3.05, 3.63) is 99.0 Å². The normalized spacial score (nSPS) is 11.3. The summed E-state index contributed by atoms with van der Waals surface area (Å²) in [4.78, 5) is 12.3. The first-order valence-corrected chi connectivity index (χ1v) is 11.6. The van der Waals surface area contributed by atoms with E-state index in [0.29, 0.717) is 32.9 Å². The molecule has 0 aliphatic rings. The van der Waals surface area contributed by atoms with Gasteiger partial charge in [-0.05, 0) is 53.6 Å². The van der Waals surface area contributed by atoms with Gasteiger partial charge in [-0.1, -0.05) is 65.1 Å². The van der Waals surface area contributed by atoms with Gasteiger partial charge in [0.25, 0.3) is 0 Å². The van der Waals surface area contributed by atoms with Gasteiger partial charge < -0.3 is 15.0 Å². The molecule has 5 rings (SSSR count). The van der Waals surface area contributed by atoms with Crippen LogP contribution in [0.4, 0.5) is 0 Å². The number of hydrogen-bond acceptors (Lipinski definition) is 2. The number of nitrogens with two attached hydrogens (primary N) is 1. The molecule has 0 aliphatic heterocycles. The van der Waals surface area contributed by atoms with Gasteiger partial charge in [-0.3, -0.25) is 4.79 Å². The number of rotatable bonds is 5. The second-order valence-electron chi connectivity index (χ2n) is 7.98. The molecular formula is C27H19Cl3N2O2. The zero-order valence-corrected chi connectivity index (χ0v) is 20.4. The molecule has 5 aromatic rings. The standard InChI is InChI=1S/C27H19Cl3N2O2/c1-34-25-10-5-15(11-22(25)30)14-32-23-4-2-3-20(27(31)33)26(23)19-8-6-16(12-24(19)32)18-9-7-17(28)13-21(18)29/h2-13H,14H2,1H3,(H2,31,33). The Bertz CT molecular complexity index is 1590. The van der Waals surface area contributed by atoms with Gasteiger partial charge in [0.2, 0.25) is 5.91 Å². The highest BCUT2D eigenvalue weighted by molar-refractivity contribution is 6.36. The average molecular weight is 510 g/mol. The van der Waals surface area contributed by atoms with Crippen molar-refractivity contribution in [2.24, 2.45) is 5.73 Å². The molecule has 0 atom stereocenters. The largest absolute Gasteiger partial charge is 0.495 e. The third kappa shape index (κ3) is 3.88. The van der Waals surface area contributed by atoms with E-state index in [9.17, 15) is 4.79 Å². The summed E-state index contributed by atoms with van der Waals surface area (Å²) in [6, 6.07) is 22.8. The Balaban J connectivity index is 1.77. The molecular weight excluding hydrogens is 491 g/mol. The van der Waals surface area contributed by atoms with Crippen LogP contribution >= 0.6 is 34.8 Å². The fourth-order valence-electron chi connectivity index (χ4n) is 4.40. The van der Waals surface area contributed by atoms with Crippen LogP contribution in [0.2, 0.25) is 15.1 Å². The van der Waals surface area contributed by atoms with Gasteiger partial charge >= 0.3 is 0 Å². The highest BCUT2D eigenvalue weighted by Crippen LogP contribution is 2.37. The van der Waals surface area contributed by atoms with Crippen molar-refractivity contribution < 1.29 is 9.53 Å². The lowest BCUT2D eigenvalue weighted by atomic mass is 10.0. The van der Waals surface area contributed by atoms with Crippen LogP contribution < -0.4 is 10.5 Å². The van der Waals surface area contributed by atoms with Gasteiger partial charge in [-0.15, -0.1) is 0 Å². The van der Waals surface area contributed by atoms with Crippen molar-refractivity contribution in [1.82, 2.24) is 4.57 Å². The summed E-state index contributed by atoms with van der Waals surface area (Å²) >= 11 is 19.0. The van der Waals surface area contributed by atoms with Crippen molar-refractivity contribution in [3.63, 3.8) is 0 Å².